The number of rotatable bonds is 3. The van der Waals surface area contributed by atoms with E-state index < -0.39 is 0 Å². The molecule has 3 aromatic rings. The SMILES string of the molecule is COc1cccc2c1O[C@@H](c1ccsc1)N1N=C(c3ccc(C)cc3)C[C@H]21. The number of para-hydroxylation sites is 1. The van der Waals surface area contributed by atoms with Crippen molar-refractivity contribution in [3.8, 4) is 11.5 Å². The largest absolute Gasteiger partial charge is 0.493 e. The lowest BCUT2D eigenvalue weighted by Gasteiger charge is -2.38. The molecule has 0 aliphatic carbocycles. The Labute approximate surface area is 162 Å². The highest BCUT2D eigenvalue weighted by molar-refractivity contribution is 7.07. The molecule has 136 valence electrons. The van der Waals surface area contributed by atoms with Gasteiger partial charge in [-0.1, -0.05) is 42.0 Å². The van der Waals surface area contributed by atoms with E-state index in [9.17, 15) is 0 Å². The molecule has 0 unspecified atom stereocenters. The van der Waals surface area contributed by atoms with Crippen molar-refractivity contribution in [3.05, 3.63) is 81.5 Å². The number of fused-ring (bicyclic) bond motifs is 3. The van der Waals surface area contributed by atoms with Crippen LogP contribution in [0.1, 0.15) is 40.9 Å². The molecule has 0 saturated carbocycles. The smallest absolute Gasteiger partial charge is 0.214 e. The maximum atomic E-state index is 6.42. The molecule has 2 aliphatic heterocycles. The van der Waals surface area contributed by atoms with Crippen molar-refractivity contribution in [1.29, 1.82) is 0 Å². The van der Waals surface area contributed by atoms with Crippen LogP contribution in [-0.4, -0.2) is 17.8 Å². The van der Waals surface area contributed by atoms with E-state index in [4.69, 9.17) is 14.6 Å². The molecule has 5 heteroatoms. The average molecular weight is 376 g/mol. The Morgan fingerprint density at radius 2 is 2.00 bits per heavy atom. The van der Waals surface area contributed by atoms with Crippen LogP contribution in [0.2, 0.25) is 0 Å². The molecular formula is C22H20N2O2S. The van der Waals surface area contributed by atoms with E-state index in [1.807, 2.05) is 12.1 Å². The zero-order chi connectivity index (χ0) is 18.4. The van der Waals surface area contributed by atoms with Crippen molar-refractivity contribution >= 4 is 17.0 Å². The summed E-state index contributed by atoms with van der Waals surface area (Å²) in [6, 6.07) is 16.9. The maximum Gasteiger partial charge on any atom is 0.214 e. The predicted molar refractivity (Wildman–Crippen MR) is 108 cm³/mol. The minimum absolute atomic E-state index is 0.144. The number of ether oxygens (including phenoxy) is 2. The molecule has 0 amide bonds. The highest BCUT2D eigenvalue weighted by atomic mass is 32.1. The Bertz CT molecular complexity index is 996. The second kappa shape index (κ2) is 6.43. The minimum Gasteiger partial charge on any atom is -0.493 e. The first-order valence-corrected chi connectivity index (χ1v) is 9.97. The van der Waals surface area contributed by atoms with Crippen LogP contribution in [0.3, 0.4) is 0 Å². The normalized spacial score (nSPS) is 20.5. The molecule has 4 nitrogen and oxygen atoms in total. The molecule has 2 aliphatic rings. The first kappa shape index (κ1) is 16.4. The van der Waals surface area contributed by atoms with E-state index in [0.717, 1.165) is 34.8 Å². The minimum atomic E-state index is -0.243. The Balaban J connectivity index is 1.61. The van der Waals surface area contributed by atoms with E-state index in [1.165, 1.54) is 11.1 Å². The lowest BCUT2D eigenvalue weighted by atomic mass is 9.95. The van der Waals surface area contributed by atoms with Gasteiger partial charge in [0.1, 0.15) is 0 Å². The van der Waals surface area contributed by atoms with Gasteiger partial charge in [-0.15, -0.1) is 0 Å². The molecule has 0 spiro atoms. The summed E-state index contributed by atoms with van der Waals surface area (Å²) in [4.78, 5) is 0. The summed E-state index contributed by atoms with van der Waals surface area (Å²) in [5.74, 6) is 1.61. The van der Waals surface area contributed by atoms with Crippen molar-refractivity contribution in [2.45, 2.75) is 25.6 Å². The second-order valence-corrected chi connectivity index (χ2v) is 7.70. The monoisotopic (exact) mass is 376 g/mol. The molecule has 2 atom stereocenters. The van der Waals surface area contributed by atoms with Crippen LogP contribution in [0.4, 0.5) is 0 Å². The van der Waals surface area contributed by atoms with E-state index >= 15 is 0 Å². The summed E-state index contributed by atoms with van der Waals surface area (Å²) in [5.41, 5.74) is 5.77. The standard InChI is InChI=1S/C22H20N2O2S/c1-14-6-8-15(9-7-14)18-12-19-17-4-3-5-20(25-2)21(17)26-22(24(19)23-18)16-10-11-27-13-16/h3-11,13,19,22H,12H2,1-2H3/t19-,22+/m1/s1. The van der Waals surface area contributed by atoms with Gasteiger partial charge in [0.25, 0.3) is 0 Å². The molecule has 2 aromatic carbocycles. The zero-order valence-electron chi connectivity index (χ0n) is 15.3. The van der Waals surface area contributed by atoms with Gasteiger partial charge in [-0.2, -0.15) is 16.4 Å². The van der Waals surface area contributed by atoms with E-state index in [0.29, 0.717) is 0 Å². The molecule has 0 radical (unpaired) electrons. The predicted octanol–water partition coefficient (Wildman–Crippen LogP) is 5.31. The third-order valence-electron chi connectivity index (χ3n) is 5.21. The number of hydrogen-bond donors (Lipinski definition) is 0. The van der Waals surface area contributed by atoms with Crippen molar-refractivity contribution in [2.24, 2.45) is 5.10 Å². The van der Waals surface area contributed by atoms with Crippen molar-refractivity contribution < 1.29 is 9.47 Å². The fourth-order valence-electron chi connectivity index (χ4n) is 3.80. The fraction of sp³-hybridized carbons (Fsp3) is 0.227. The molecule has 3 heterocycles. The molecule has 0 saturated heterocycles. The van der Waals surface area contributed by atoms with Gasteiger partial charge >= 0.3 is 0 Å². The van der Waals surface area contributed by atoms with Crippen LogP contribution in [0.5, 0.6) is 11.5 Å². The van der Waals surface area contributed by atoms with E-state index in [2.05, 4.69) is 59.1 Å². The van der Waals surface area contributed by atoms with Gasteiger partial charge in [-0.25, -0.2) is 5.01 Å². The van der Waals surface area contributed by atoms with Crippen LogP contribution >= 0.6 is 11.3 Å². The number of nitrogens with zero attached hydrogens (tertiary/aromatic N) is 2. The van der Waals surface area contributed by atoms with Gasteiger partial charge in [-0.05, 0) is 35.4 Å². The molecule has 0 bridgehead atoms. The number of aryl methyl sites for hydroxylation is 1. The van der Waals surface area contributed by atoms with Crippen molar-refractivity contribution in [1.82, 2.24) is 5.01 Å². The van der Waals surface area contributed by atoms with Crippen LogP contribution in [-0.2, 0) is 0 Å². The summed E-state index contributed by atoms with van der Waals surface area (Å²) in [7, 11) is 1.69. The van der Waals surface area contributed by atoms with Gasteiger partial charge in [0.2, 0.25) is 6.23 Å². The quantitative estimate of drug-likeness (QED) is 0.621. The molecule has 27 heavy (non-hydrogen) atoms. The summed E-state index contributed by atoms with van der Waals surface area (Å²) >= 11 is 1.67. The number of hydrogen-bond acceptors (Lipinski definition) is 5. The first-order valence-electron chi connectivity index (χ1n) is 9.03. The van der Waals surface area contributed by atoms with Gasteiger partial charge < -0.3 is 9.47 Å². The Kier molecular flexibility index (Phi) is 3.90. The topological polar surface area (TPSA) is 34.1 Å². The Morgan fingerprint density at radius 3 is 2.74 bits per heavy atom. The Morgan fingerprint density at radius 1 is 1.15 bits per heavy atom. The molecule has 1 aromatic heterocycles. The highest BCUT2D eigenvalue weighted by Crippen LogP contribution is 2.50. The van der Waals surface area contributed by atoms with Gasteiger partial charge in [-0.3, -0.25) is 0 Å². The maximum absolute atomic E-state index is 6.42. The van der Waals surface area contributed by atoms with E-state index in [1.54, 1.807) is 18.4 Å². The zero-order valence-corrected chi connectivity index (χ0v) is 16.1. The summed E-state index contributed by atoms with van der Waals surface area (Å²) in [6.45, 7) is 2.10. The number of thiophene rings is 1. The Hall–Kier alpha value is -2.79. The summed E-state index contributed by atoms with van der Waals surface area (Å²) < 4.78 is 12.0. The fourth-order valence-corrected chi connectivity index (χ4v) is 4.47. The van der Waals surface area contributed by atoms with Crippen molar-refractivity contribution in [3.63, 3.8) is 0 Å². The second-order valence-electron chi connectivity index (χ2n) is 6.92. The van der Waals surface area contributed by atoms with Crippen LogP contribution in [0.15, 0.2) is 64.4 Å². The van der Waals surface area contributed by atoms with Crippen LogP contribution < -0.4 is 9.47 Å². The number of hydrazone groups is 1. The lowest BCUT2D eigenvalue weighted by Crippen LogP contribution is -2.33. The van der Waals surface area contributed by atoms with Crippen LogP contribution in [0, 0.1) is 6.92 Å². The van der Waals surface area contributed by atoms with Gasteiger partial charge in [0.15, 0.2) is 11.5 Å². The summed E-state index contributed by atoms with van der Waals surface area (Å²) in [6.07, 6.45) is 0.612. The first-order chi connectivity index (χ1) is 13.2. The molecule has 0 fully saturated rings. The third kappa shape index (κ3) is 2.70. The average Bonchev–Trinajstić information content (AvgIpc) is 3.37. The molecular weight excluding hydrogens is 356 g/mol. The highest BCUT2D eigenvalue weighted by Gasteiger charge is 2.42. The molecule has 5 rings (SSSR count). The van der Waals surface area contributed by atoms with Crippen LogP contribution in [0.25, 0.3) is 0 Å². The van der Waals surface area contributed by atoms with E-state index in [-0.39, 0.29) is 12.3 Å². The molecule has 0 N–H and O–H groups in total. The van der Waals surface area contributed by atoms with Gasteiger partial charge in [0.05, 0.1) is 18.9 Å². The number of methoxy groups -OCH3 is 1. The lowest BCUT2D eigenvalue weighted by molar-refractivity contribution is -0.0206. The van der Waals surface area contributed by atoms with Crippen molar-refractivity contribution in [2.75, 3.05) is 7.11 Å². The third-order valence-corrected chi connectivity index (χ3v) is 5.91. The summed E-state index contributed by atoms with van der Waals surface area (Å²) in [5, 5.41) is 11.3. The van der Waals surface area contributed by atoms with Gasteiger partial charge in [0, 0.05) is 17.5 Å². The number of benzene rings is 2.